The largest absolute Gasteiger partial charge is 0.462 e. The van der Waals surface area contributed by atoms with Gasteiger partial charge in [0.25, 0.3) is 0 Å². The quantitative estimate of drug-likeness (QED) is 0.597. The highest BCUT2D eigenvalue weighted by Gasteiger charge is 2.12. The summed E-state index contributed by atoms with van der Waals surface area (Å²) in [5.74, 6) is -0.503. The lowest BCUT2D eigenvalue weighted by molar-refractivity contribution is 0.0406. The molecular formula is C12H17NO3. The van der Waals surface area contributed by atoms with Crippen molar-refractivity contribution in [3.63, 3.8) is 0 Å². The molecule has 0 fully saturated rings. The van der Waals surface area contributed by atoms with Gasteiger partial charge in [-0.25, -0.2) is 4.79 Å². The first-order chi connectivity index (χ1) is 7.54. The molecule has 0 aliphatic rings. The molecule has 0 heterocycles. The number of nitrogen functional groups attached to an aromatic ring is 1. The van der Waals surface area contributed by atoms with Crippen molar-refractivity contribution in [3.05, 3.63) is 29.3 Å². The Balaban J connectivity index is 2.69. The van der Waals surface area contributed by atoms with Crippen LogP contribution in [0.4, 0.5) is 5.69 Å². The highest BCUT2D eigenvalue weighted by Crippen LogP contribution is 2.15. The van der Waals surface area contributed by atoms with E-state index in [0.717, 1.165) is 5.56 Å². The molecule has 88 valence electrons. The van der Waals surface area contributed by atoms with E-state index >= 15 is 0 Å². The Morgan fingerprint density at radius 2 is 2.25 bits per heavy atom. The third-order valence-electron chi connectivity index (χ3n) is 2.24. The van der Waals surface area contributed by atoms with E-state index in [9.17, 15) is 4.79 Å². The van der Waals surface area contributed by atoms with Gasteiger partial charge in [-0.15, -0.1) is 0 Å². The second kappa shape index (κ2) is 5.51. The molecule has 0 aliphatic carbocycles. The highest BCUT2D eigenvalue weighted by molar-refractivity contribution is 5.95. The van der Waals surface area contributed by atoms with Crippen LogP contribution in [0.25, 0.3) is 0 Å². The fourth-order valence-corrected chi connectivity index (χ4v) is 1.20. The zero-order valence-electron chi connectivity index (χ0n) is 9.56. The maximum atomic E-state index is 11.7. The second-order valence-electron chi connectivity index (χ2n) is 3.98. The van der Waals surface area contributed by atoms with Gasteiger partial charge < -0.3 is 15.6 Å². The lowest BCUT2D eigenvalue weighted by Gasteiger charge is -2.10. The Bertz CT molecular complexity index is 377. The van der Waals surface area contributed by atoms with Gasteiger partial charge in [-0.05, 0) is 19.1 Å². The minimum absolute atomic E-state index is 0.00339. The first-order valence-electron chi connectivity index (χ1n) is 5.18. The number of hydrogen-bond acceptors (Lipinski definition) is 4. The Morgan fingerprint density at radius 3 is 2.88 bits per heavy atom. The highest BCUT2D eigenvalue weighted by atomic mass is 16.5. The van der Waals surface area contributed by atoms with Crippen molar-refractivity contribution >= 4 is 11.7 Å². The van der Waals surface area contributed by atoms with Crippen LogP contribution in [0, 0.1) is 12.8 Å². The lowest BCUT2D eigenvalue weighted by Crippen LogP contribution is -2.15. The van der Waals surface area contributed by atoms with E-state index in [0.29, 0.717) is 11.3 Å². The van der Waals surface area contributed by atoms with Gasteiger partial charge in [0.15, 0.2) is 0 Å². The first kappa shape index (κ1) is 12.5. The van der Waals surface area contributed by atoms with Crippen molar-refractivity contribution in [2.24, 2.45) is 5.92 Å². The molecule has 4 heteroatoms. The van der Waals surface area contributed by atoms with Crippen molar-refractivity contribution in [1.82, 2.24) is 0 Å². The summed E-state index contributed by atoms with van der Waals surface area (Å²) in [5, 5.41) is 8.80. The fraction of sp³-hybridized carbons (Fsp3) is 0.417. The molecule has 1 atom stereocenters. The van der Waals surface area contributed by atoms with Gasteiger partial charge in [0.1, 0.15) is 0 Å². The second-order valence-corrected chi connectivity index (χ2v) is 3.98. The predicted octanol–water partition coefficient (Wildman–Crippen LogP) is 1.36. The normalized spacial score (nSPS) is 12.2. The van der Waals surface area contributed by atoms with Crippen LogP contribution in [-0.4, -0.2) is 24.3 Å². The number of aliphatic hydroxyl groups is 1. The molecule has 1 aromatic rings. The minimum atomic E-state index is -0.443. The molecule has 0 amide bonds. The summed E-state index contributed by atoms with van der Waals surface area (Å²) < 4.78 is 5.04. The lowest BCUT2D eigenvalue weighted by atomic mass is 10.1. The molecule has 1 aromatic carbocycles. The number of nitrogens with two attached hydrogens (primary N) is 1. The van der Waals surface area contributed by atoms with E-state index < -0.39 is 5.97 Å². The molecule has 1 unspecified atom stereocenters. The molecule has 0 saturated heterocycles. The molecule has 16 heavy (non-hydrogen) atoms. The summed E-state index contributed by atoms with van der Waals surface area (Å²) in [6.45, 7) is 3.87. The number of hydrogen-bond donors (Lipinski definition) is 2. The van der Waals surface area contributed by atoms with Gasteiger partial charge in [-0.3, -0.25) is 0 Å². The number of aliphatic hydroxyl groups excluding tert-OH is 1. The first-order valence-corrected chi connectivity index (χ1v) is 5.18. The van der Waals surface area contributed by atoms with Crippen molar-refractivity contribution in [1.29, 1.82) is 0 Å². The maximum absolute atomic E-state index is 11.7. The smallest absolute Gasteiger partial charge is 0.340 e. The molecule has 0 saturated carbocycles. The molecule has 3 N–H and O–H groups in total. The monoisotopic (exact) mass is 223 g/mol. The van der Waals surface area contributed by atoms with E-state index in [4.69, 9.17) is 15.6 Å². The van der Waals surface area contributed by atoms with Crippen LogP contribution in [0.15, 0.2) is 18.2 Å². The van der Waals surface area contributed by atoms with Crippen LogP contribution in [-0.2, 0) is 4.74 Å². The Labute approximate surface area is 95.0 Å². The van der Waals surface area contributed by atoms with Crippen LogP contribution in [0.5, 0.6) is 0 Å². The summed E-state index contributed by atoms with van der Waals surface area (Å²) in [5.41, 5.74) is 7.42. The number of rotatable bonds is 4. The van der Waals surface area contributed by atoms with Crippen LogP contribution in [0.3, 0.4) is 0 Å². The van der Waals surface area contributed by atoms with Crippen molar-refractivity contribution in [2.75, 3.05) is 18.9 Å². The number of carbonyl (C=O) groups excluding carboxylic acids is 1. The summed E-state index contributed by atoms with van der Waals surface area (Å²) in [7, 11) is 0. The van der Waals surface area contributed by atoms with Crippen LogP contribution >= 0.6 is 0 Å². The third kappa shape index (κ3) is 3.24. The predicted molar refractivity (Wildman–Crippen MR) is 62.1 cm³/mol. The van der Waals surface area contributed by atoms with E-state index in [1.54, 1.807) is 19.1 Å². The van der Waals surface area contributed by atoms with E-state index in [2.05, 4.69) is 0 Å². The number of carbonyl (C=O) groups is 1. The molecule has 4 nitrogen and oxygen atoms in total. The summed E-state index contributed by atoms with van der Waals surface area (Å²) in [6, 6.07) is 5.21. The molecule has 0 spiro atoms. The maximum Gasteiger partial charge on any atom is 0.340 e. The minimum Gasteiger partial charge on any atom is -0.462 e. The van der Waals surface area contributed by atoms with Crippen molar-refractivity contribution in [2.45, 2.75) is 13.8 Å². The van der Waals surface area contributed by atoms with Crippen molar-refractivity contribution < 1.29 is 14.6 Å². The molecule has 0 radical (unpaired) electrons. The zero-order chi connectivity index (χ0) is 12.1. The van der Waals surface area contributed by atoms with Crippen LogP contribution < -0.4 is 5.73 Å². The van der Waals surface area contributed by atoms with E-state index in [1.165, 1.54) is 0 Å². The summed E-state index contributed by atoms with van der Waals surface area (Å²) in [6.07, 6.45) is 0. The SMILES string of the molecule is Cc1ccc(N)c(C(=O)OCC(C)CO)c1. The fourth-order valence-electron chi connectivity index (χ4n) is 1.20. The Morgan fingerprint density at radius 1 is 1.56 bits per heavy atom. The average molecular weight is 223 g/mol. The van der Waals surface area contributed by atoms with Crippen molar-refractivity contribution in [3.8, 4) is 0 Å². The number of ether oxygens (including phenoxy) is 1. The molecule has 0 bridgehead atoms. The van der Waals surface area contributed by atoms with Crippen LogP contribution in [0.2, 0.25) is 0 Å². The van der Waals surface area contributed by atoms with E-state index in [-0.39, 0.29) is 19.1 Å². The van der Waals surface area contributed by atoms with Crippen LogP contribution in [0.1, 0.15) is 22.8 Å². The van der Waals surface area contributed by atoms with E-state index in [1.807, 2.05) is 13.0 Å². The Kier molecular flexibility index (Phi) is 4.31. The Hall–Kier alpha value is -1.55. The zero-order valence-corrected chi connectivity index (χ0v) is 9.56. The topological polar surface area (TPSA) is 72.6 Å². The standard InChI is InChI=1S/C12H17NO3/c1-8-3-4-11(13)10(5-8)12(15)16-7-9(2)6-14/h3-5,9,14H,6-7,13H2,1-2H3. The number of anilines is 1. The van der Waals surface area contributed by atoms with Gasteiger partial charge >= 0.3 is 5.97 Å². The summed E-state index contributed by atoms with van der Waals surface area (Å²) >= 11 is 0. The molecular weight excluding hydrogens is 206 g/mol. The number of benzene rings is 1. The third-order valence-corrected chi connectivity index (χ3v) is 2.24. The van der Waals surface area contributed by atoms with Gasteiger partial charge in [-0.1, -0.05) is 18.6 Å². The molecule has 0 aliphatic heterocycles. The number of esters is 1. The van der Waals surface area contributed by atoms with Gasteiger partial charge in [0.05, 0.1) is 12.2 Å². The van der Waals surface area contributed by atoms with Gasteiger partial charge in [-0.2, -0.15) is 0 Å². The number of aryl methyl sites for hydroxylation is 1. The van der Waals surface area contributed by atoms with Gasteiger partial charge in [0, 0.05) is 18.2 Å². The molecule has 1 rings (SSSR count). The van der Waals surface area contributed by atoms with Gasteiger partial charge in [0.2, 0.25) is 0 Å². The molecule has 0 aromatic heterocycles. The summed E-state index contributed by atoms with van der Waals surface area (Å²) in [4.78, 5) is 11.7. The average Bonchev–Trinajstić information content (AvgIpc) is 2.28.